The molecule has 1 aromatic rings. The maximum absolute atomic E-state index is 12.3. The van der Waals surface area contributed by atoms with Gasteiger partial charge in [-0.25, -0.2) is 0 Å². The van der Waals surface area contributed by atoms with Crippen LogP contribution in [0.25, 0.3) is 0 Å². The number of carbonyl (C=O) groups excluding carboxylic acids is 1. The summed E-state index contributed by atoms with van der Waals surface area (Å²) in [4.78, 5) is 27.6. The van der Waals surface area contributed by atoms with Gasteiger partial charge in [0.1, 0.15) is 0 Å². The molecule has 1 aliphatic rings. The minimum atomic E-state index is -0.832. The van der Waals surface area contributed by atoms with E-state index in [4.69, 9.17) is 0 Å². The lowest BCUT2D eigenvalue weighted by Crippen LogP contribution is -2.54. The molecule has 1 fully saturated rings. The van der Waals surface area contributed by atoms with Crippen molar-refractivity contribution in [1.82, 2.24) is 14.4 Å². The van der Waals surface area contributed by atoms with E-state index in [2.05, 4.69) is 0 Å². The van der Waals surface area contributed by atoms with Crippen LogP contribution in [0.4, 0.5) is 0 Å². The second-order valence-electron chi connectivity index (χ2n) is 6.36. The Morgan fingerprint density at radius 1 is 1.41 bits per heavy atom. The van der Waals surface area contributed by atoms with E-state index in [0.29, 0.717) is 32.6 Å². The maximum Gasteiger partial charge on any atom is 0.250 e. The van der Waals surface area contributed by atoms with Crippen molar-refractivity contribution in [2.24, 2.45) is 0 Å². The lowest BCUT2D eigenvalue weighted by Gasteiger charge is -2.40. The second-order valence-corrected chi connectivity index (χ2v) is 6.36. The third-order valence-electron chi connectivity index (χ3n) is 3.98. The fourth-order valence-corrected chi connectivity index (χ4v) is 3.06. The minimum Gasteiger partial charge on any atom is -0.387 e. The van der Waals surface area contributed by atoms with Crippen LogP contribution in [0.15, 0.2) is 29.2 Å². The van der Waals surface area contributed by atoms with E-state index < -0.39 is 5.60 Å². The Kier molecular flexibility index (Phi) is 5.37. The van der Waals surface area contributed by atoms with Crippen LogP contribution in [0.2, 0.25) is 0 Å². The summed E-state index contributed by atoms with van der Waals surface area (Å²) in [7, 11) is 3.83. The van der Waals surface area contributed by atoms with E-state index in [1.54, 1.807) is 23.2 Å². The average Bonchev–Trinajstić information content (AvgIpc) is 2.44. The topological polar surface area (TPSA) is 65.8 Å². The van der Waals surface area contributed by atoms with Crippen LogP contribution in [0, 0.1) is 0 Å². The van der Waals surface area contributed by atoms with Crippen molar-refractivity contribution < 1.29 is 9.90 Å². The molecular formula is C16H25N3O3. The van der Waals surface area contributed by atoms with Gasteiger partial charge in [0.25, 0.3) is 5.56 Å². The molecule has 1 N–H and O–H groups in total. The number of β-amino-alcohol motifs (C(OH)–C–C–N with tert-alkyl or cyclic N) is 1. The number of amides is 1. The van der Waals surface area contributed by atoms with Crippen molar-refractivity contribution >= 4 is 5.91 Å². The molecule has 1 atom stereocenters. The van der Waals surface area contributed by atoms with E-state index in [-0.39, 0.29) is 17.9 Å². The molecule has 1 amide bonds. The van der Waals surface area contributed by atoms with Gasteiger partial charge in [-0.15, -0.1) is 0 Å². The van der Waals surface area contributed by atoms with Crippen LogP contribution < -0.4 is 5.56 Å². The summed E-state index contributed by atoms with van der Waals surface area (Å²) in [6.45, 7) is 1.97. The third kappa shape index (κ3) is 4.42. The first kappa shape index (κ1) is 16.7. The molecule has 0 unspecified atom stereocenters. The van der Waals surface area contributed by atoms with E-state index in [9.17, 15) is 14.7 Å². The lowest BCUT2D eigenvalue weighted by molar-refractivity contribution is -0.139. The van der Waals surface area contributed by atoms with Crippen molar-refractivity contribution in [1.29, 1.82) is 0 Å². The van der Waals surface area contributed by atoms with E-state index in [0.717, 1.165) is 6.42 Å². The molecule has 0 saturated carbocycles. The molecule has 0 aromatic carbocycles. The summed E-state index contributed by atoms with van der Waals surface area (Å²) < 4.78 is 1.54. The second kappa shape index (κ2) is 7.07. The summed E-state index contributed by atoms with van der Waals surface area (Å²) in [5.74, 6) is -0.00682. The smallest absolute Gasteiger partial charge is 0.250 e. The Morgan fingerprint density at radius 3 is 2.86 bits per heavy atom. The van der Waals surface area contributed by atoms with Gasteiger partial charge in [0.2, 0.25) is 5.91 Å². The monoisotopic (exact) mass is 307 g/mol. The van der Waals surface area contributed by atoms with Gasteiger partial charge in [0.05, 0.1) is 12.1 Å². The first-order valence-electron chi connectivity index (χ1n) is 7.70. The molecule has 122 valence electrons. The predicted octanol–water partition coefficient (Wildman–Crippen LogP) is 0.153. The third-order valence-corrected chi connectivity index (χ3v) is 3.98. The number of aliphatic hydroxyl groups is 1. The number of carbonyl (C=O) groups is 1. The Hall–Kier alpha value is -1.66. The Balaban J connectivity index is 1.92. The maximum atomic E-state index is 12.3. The molecular weight excluding hydrogens is 282 g/mol. The van der Waals surface area contributed by atoms with Crippen LogP contribution in [0.3, 0.4) is 0 Å². The average molecular weight is 307 g/mol. The van der Waals surface area contributed by atoms with Crippen LogP contribution in [-0.2, 0) is 11.3 Å². The molecule has 2 heterocycles. The van der Waals surface area contributed by atoms with Crippen molar-refractivity contribution in [2.45, 2.75) is 31.4 Å². The van der Waals surface area contributed by atoms with E-state index >= 15 is 0 Å². The van der Waals surface area contributed by atoms with Crippen molar-refractivity contribution in [3.8, 4) is 0 Å². The Bertz CT molecular complexity index is 570. The number of piperidine rings is 1. The number of likely N-dealkylation sites (N-methyl/N-ethyl adjacent to an activating group) is 1. The Labute approximate surface area is 131 Å². The summed E-state index contributed by atoms with van der Waals surface area (Å²) >= 11 is 0. The SMILES string of the molecule is CN(C)C[C@]1(O)CCCN(C(=O)CCn2ccccc2=O)C1. The van der Waals surface area contributed by atoms with Gasteiger partial charge in [0.15, 0.2) is 0 Å². The number of aromatic nitrogens is 1. The van der Waals surface area contributed by atoms with Gasteiger partial charge < -0.3 is 19.5 Å². The quantitative estimate of drug-likeness (QED) is 0.841. The van der Waals surface area contributed by atoms with Crippen molar-refractivity contribution in [3.63, 3.8) is 0 Å². The summed E-state index contributed by atoms with van der Waals surface area (Å²) in [5.41, 5.74) is -0.931. The van der Waals surface area contributed by atoms with Gasteiger partial charge in [0, 0.05) is 38.3 Å². The summed E-state index contributed by atoms with van der Waals surface area (Å²) in [6, 6.07) is 4.95. The number of hydrogen-bond acceptors (Lipinski definition) is 4. The zero-order valence-corrected chi connectivity index (χ0v) is 13.4. The first-order chi connectivity index (χ1) is 10.4. The molecule has 0 radical (unpaired) electrons. The number of hydrogen-bond donors (Lipinski definition) is 1. The van der Waals surface area contributed by atoms with Gasteiger partial charge in [-0.2, -0.15) is 0 Å². The van der Waals surface area contributed by atoms with E-state index in [1.807, 2.05) is 19.0 Å². The molecule has 2 rings (SSSR count). The predicted molar refractivity (Wildman–Crippen MR) is 84.6 cm³/mol. The molecule has 0 bridgehead atoms. The summed E-state index contributed by atoms with van der Waals surface area (Å²) in [5, 5.41) is 10.6. The Morgan fingerprint density at radius 2 is 2.18 bits per heavy atom. The van der Waals surface area contributed by atoms with Crippen LogP contribution >= 0.6 is 0 Å². The van der Waals surface area contributed by atoms with Gasteiger partial charge in [-0.1, -0.05) is 6.07 Å². The zero-order valence-electron chi connectivity index (χ0n) is 13.4. The fraction of sp³-hybridized carbons (Fsp3) is 0.625. The largest absolute Gasteiger partial charge is 0.387 e. The number of pyridine rings is 1. The minimum absolute atomic E-state index is 0.00682. The lowest BCUT2D eigenvalue weighted by atomic mass is 9.92. The highest BCUT2D eigenvalue weighted by atomic mass is 16.3. The molecule has 6 heteroatoms. The number of aryl methyl sites for hydroxylation is 1. The molecule has 22 heavy (non-hydrogen) atoms. The van der Waals surface area contributed by atoms with Crippen LogP contribution in [0.1, 0.15) is 19.3 Å². The first-order valence-corrected chi connectivity index (χ1v) is 7.70. The number of rotatable bonds is 5. The van der Waals surface area contributed by atoms with Gasteiger partial charge in [-0.05, 0) is 33.0 Å². The summed E-state index contributed by atoms with van der Waals surface area (Å²) in [6.07, 6.45) is 3.49. The molecule has 0 spiro atoms. The zero-order chi connectivity index (χ0) is 16.2. The normalized spacial score (nSPS) is 22.1. The standard InChI is InChI=1S/C16H25N3O3/c1-17(2)12-16(22)8-5-10-19(13-16)15(21)7-11-18-9-4-3-6-14(18)20/h3-4,6,9,22H,5,7-8,10-13H2,1-2H3/t16-/m1/s1. The van der Waals surface area contributed by atoms with Crippen molar-refractivity contribution in [2.75, 3.05) is 33.7 Å². The highest BCUT2D eigenvalue weighted by Crippen LogP contribution is 2.22. The van der Waals surface area contributed by atoms with Crippen LogP contribution in [0.5, 0.6) is 0 Å². The van der Waals surface area contributed by atoms with Gasteiger partial charge >= 0.3 is 0 Å². The number of nitrogens with zero attached hydrogens (tertiary/aromatic N) is 3. The van der Waals surface area contributed by atoms with Crippen molar-refractivity contribution in [3.05, 3.63) is 34.7 Å². The highest BCUT2D eigenvalue weighted by molar-refractivity contribution is 5.76. The van der Waals surface area contributed by atoms with Gasteiger partial charge in [-0.3, -0.25) is 9.59 Å². The van der Waals surface area contributed by atoms with E-state index in [1.165, 1.54) is 10.6 Å². The molecule has 1 aliphatic heterocycles. The molecule has 1 aromatic heterocycles. The number of likely N-dealkylation sites (tertiary alicyclic amines) is 1. The molecule has 6 nitrogen and oxygen atoms in total. The van der Waals surface area contributed by atoms with Crippen LogP contribution in [-0.4, -0.2) is 64.7 Å². The highest BCUT2D eigenvalue weighted by Gasteiger charge is 2.35. The fourth-order valence-electron chi connectivity index (χ4n) is 3.06. The molecule has 0 aliphatic carbocycles. The molecule has 1 saturated heterocycles.